The summed E-state index contributed by atoms with van der Waals surface area (Å²) in [5.41, 5.74) is 9.71. The van der Waals surface area contributed by atoms with Gasteiger partial charge in [-0.3, -0.25) is 0 Å². The van der Waals surface area contributed by atoms with Gasteiger partial charge in [0.1, 0.15) is 0 Å². The quantitative estimate of drug-likeness (QED) is 0.789. The fourth-order valence-corrected chi connectivity index (χ4v) is 3.48. The molecule has 2 aromatic rings. The van der Waals surface area contributed by atoms with Crippen LogP contribution in [0.5, 0.6) is 0 Å². The summed E-state index contributed by atoms with van der Waals surface area (Å²) in [4.78, 5) is 1.26. The molecule has 0 heterocycles. The molecule has 0 aliphatic carbocycles. The minimum atomic E-state index is 0.0760. The highest BCUT2D eigenvalue weighted by molar-refractivity contribution is 9.10. The highest BCUT2D eigenvalue weighted by Gasteiger charge is 2.05. The van der Waals surface area contributed by atoms with Gasteiger partial charge in [-0.15, -0.1) is 11.8 Å². The summed E-state index contributed by atoms with van der Waals surface area (Å²) in [6.07, 6.45) is 0. The number of nitrogens with two attached hydrogens (primary N) is 1. The van der Waals surface area contributed by atoms with E-state index in [1.165, 1.54) is 16.0 Å². The first-order chi connectivity index (χ1) is 9.06. The van der Waals surface area contributed by atoms with Gasteiger partial charge in [0.15, 0.2) is 0 Å². The van der Waals surface area contributed by atoms with Gasteiger partial charge in [0.2, 0.25) is 0 Å². The standard InChI is InChI=1S/C16H18BrNS/c1-11-4-3-5-13(8-11)10-19-16-7-6-14(12(2)18)9-15(16)17/h3-9,12H,10,18H2,1-2H3/t12-/m0/s1. The minimum Gasteiger partial charge on any atom is -0.324 e. The number of thioether (sulfide) groups is 1. The molecule has 3 heteroatoms. The third-order valence-electron chi connectivity index (χ3n) is 2.96. The number of rotatable bonds is 4. The third kappa shape index (κ3) is 4.10. The number of halogens is 1. The summed E-state index contributed by atoms with van der Waals surface area (Å²) >= 11 is 5.47. The van der Waals surface area contributed by atoms with Gasteiger partial charge in [0.25, 0.3) is 0 Å². The Bertz CT molecular complexity index is 566. The smallest absolute Gasteiger partial charge is 0.0314 e. The van der Waals surface area contributed by atoms with Crippen molar-refractivity contribution in [2.45, 2.75) is 30.5 Å². The molecule has 19 heavy (non-hydrogen) atoms. The van der Waals surface area contributed by atoms with Gasteiger partial charge in [-0.2, -0.15) is 0 Å². The molecule has 2 N–H and O–H groups in total. The second-order valence-electron chi connectivity index (χ2n) is 4.76. The molecule has 1 nitrogen and oxygen atoms in total. The molecule has 0 saturated carbocycles. The summed E-state index contributed by atoms with van der Waals surface area (Å²) in [5.74, 6) is 0.984. The molecule has 100 valence electrons. The first kappa shape index (κ1) is 14.6. The van der Waals surface area contributed by atoms with Crippen LogP contribution in [0.1, 0.15) is 29.7 Å². The minimum absolute atomic E-state index is 0.0760. The zero-order valence-corrected chi connectivity index (χ0v) is 13.6. The first-order valence-electron chi connectivity index (χ1n) is 6.29. The third-order valence-corrected chi connectivity index (χ3v) is 5.02. The average molecular weight is 336 g/mol. The molecule has 0 aliphatic heterocycles. The second kappa shape index (κ2) is 6.60. The lowest BCUT2D eigenvalue weighted by Gasteiger charge is -2.10. The van der Waals surface area contributed by atoms with Crippen LogP contribution in [0.25, 0.3) is 0 Å². The van der Waals surface area contributed by atoms with Gasteiger partial charge >= 0.3 is 0 Å². The molecule has 0 aliphatic rings. The topological polar surface area (TPSA) is 26.0 Å². The van der Waals surface area contributed by atoms with Crippen molar-refractivity contribution in [1.82, 2.24) is 0 Å². The van der Waals surface area contributed by atoms with Crippen LogP contribution in [0.3, 0.4) is 0 Å². The van der Waals surface area contributed by atoms with Crippen molar-refractivity contribution < 1.29 is 0 Å². The van der Waals surface area contributed by atoms with E-state index in [0.29, 0.717) is 0 Å². The van der Waals surface area contributed by atoms with Crippen molar-refractivity contribution in [2.75, 3.05) is 0 Å². The van der Waals surface area contributed by atoms with Crippen LogP contribution in [-0.2, 0) is 5.75 Å². The van der Waals surface area contributed by atoms with Crippen molar-refractivity contribution in [3.05, 3.63) is 63.6 Å². The largest absolute Gasteiger partial charge is 0.324 e. The summed E-state index contributed by atoms with van der Waals surface area (Å²) in [7, 11) is 0. The fourth-order valence-electron chi connectivity index (χ4n) is 1.88. The summed E-state index contributed by atoms with van der Waals surface area (Å²) in [6, 6.07) is 15.1. The van der Waals surface area contributed by atoms with Crippen LogP contribution >= 0.6 is 27.7 Å². The Kier molecular flexibility index (Phi) is 5.08. The van der Waals surface area contributed by atoms with E-state index < -0.39 is 0 Å². The van der Waals surface area contributed by atoms with Crippen molar-refractivity contribution in [1.29, 1.82) is 0 Å². The first-order valence-corrected chi connectivity index (χ1v) is 8.07. The Morgan fingerprint density at radius 3 is 2.63 bits per heavy atom. The highest BCUT2D eigenvalue weighted by Crippen LogP contribution is 2.32. The molecule has 0 aromatic heterocycles. The van der Waals surface area contributed by atoms with Gasteiger partial charge in [-0.1, -0.05) is 35.9 Å². The zero-order valence-electron chi connectivity index (χ0n) is 11.2. The second-order valence-corrected chi connectivity index (χ2v) is 6.63. The summed E-state index contributed by atoms with van der Waals surface area (Å²) in [6.45, 7) is 4.13. The van der Waals surface area contributed by atoms with E-state index in [9.17, 15) is 0 Å². The van der Waals surface area contributed by atoms with Crippen molar-refractivity contribution in [3.8, 4) is 0 Å². The normalized spacial score (nSPS) is 12.4. The van der Waals surface area contributed by atoms with Crippen LogP contribution in [0.15, 0.2) is 51.8 Å². The van der Waals surface area contributed by atoms with Gasteiger partial charge in [-0.05, 0) is 53.0 Å². The molecule has 0 saturated heterocycles. The Morgan fingerprint density at radius 2 is 2.00 bits per heavy atom. The predicted molar refractivity (Wildman–Crippen MR) is 87.5 cm³/mol. The van der Waals surface area contributed by atoms with E-state index >= 15 is 0 Å². The Morgan fingerprint density at radius 1 is 1.21 bits per heavy atom. The van der Waals surface area contributed by atoms with Crippen molar-refractivity contribution in [3.63, 3.8) is 0 Å². The lowest BCUT2D eigenvalue weighted by Crippen LogP contribution is -2.04. The number of benzene rings is 2. The Hall–Kier alpha value is -0.770. The van der Waals surface area contributed by atoms with Crippen LogP contribution in [-0.4, -0.2) is 0 Å². The van der Waals surface area contributed by atoms with E-state index in [1.54, 1.807) is 0 Å². The lowest BCUT2D eigenvalue weighted by atomic mass is 10.1. The van der Waals surface area contributed by atoms with Crippen LogP contribution in [0.2, 0.25) is 0 Å². The molecule has 0 bridgehead atoms. The number of hydrogen-bond acceptors (Lipinski definition) is 2. The highest BCUT2D eigenvalue weighted by atomic mass is 79.9. The molecule has 0 radical (unpaired) electrons. The van der Waals surface area contributed by atoms with Crippen molar-refractivity contribution in [2.24, 2.45) is 5.73 Å². The maximum atomic E-state index is 5.89. The lowest BCUT2D eigenvalue weighted by molar-refractivity contribution is 0.815. The maximum absolute atomic E-state index is 5.89. The van der Waals surface area contributed by atoms with Crippen molar-refractivity contribution >= 4 is 27.7 Å². The molecular weight excluding hydrogens is 318 g/mol. The fraction of sp³-hybridized carbons (Fsp3) is 0.250. The van der Waals surface area contributed by atoms with Crippen LogP contribution in [0.4, 0.5) is 0 Å². The Labute approximate surface area is 127 Å². The Balaban J connectivity index is 2.07. The summed E-state index contributed by atoms with van der Waals surface area (Å²) < 4.78 is 1.12. The summed E-state index contributed by atoms with van der Waals surface area (Å²) in [5, 5.41) is 0. The van der Waals surface area contributed by atoms with E-state index in [2.05, 4.69) is 65.3 Å². The molecule has 1 atom stereocenters. The van der Waals surface area contributed by atoms with E-state index in [1.807, 2.05) is 18.7 Å². The molecule has 2 rings (SSSR count). The maximum Gasteiger partial charge on any atom is 0.0314 e. The van der Waals surface area contributed by atoms with Gasteiger partial charge in [0.05, 0.1) is 0 Å². The van der Waals surface area contributed by atoms with E-state index in [4.69, 9.17) is 5.73 Å². The molecule has 0 fully saturated rings. The molecule has 0 spiro atoms. The molecule has 0 amide bonds. The monoisotopic (exact) mass is 335 g/mol. The molecule has 0 unspecified atom stereocenters. The van der Waals surface area contributed by atoms with E-state index in [-0.39, 0.29) is 6.04 Å². The van der Waals surface area contributed by atoms with Crippen LogP contribution < -0.4 is 5.73 Å². The SMILES string of the molecule is Cc1cccc(CSc2ccc([C@H](C)N)cc2Br)c1. The average Bonchev–Trinajstić information content (AvgIpc) is 2.37. The van der Waals surface area contributed by atoms with Gasteiger partial charge < -0.3 is 5.73 Å². The number of hydrogen-bond donors (Lipinski definition) is 1. The predicted octanol–water partition coefficient (Wildman–Crippen LogP) is 5.07. The molecule has 2 aromatic carbocycles. The van der Waals surface area contributed by atoms with Gasteiger partial charge in [-0.25, -0.2) is 0 Å². The van der Waals surface area contributed by atoms with Gasteiger partial charge in [0, 0.05) is 21.2 Å². The van der Waals surface area contributed by atoms with E-state index in [0.717, 1.165) is 15.8 Å². The molecular formula is C16H18BrNS. The zero-order chi connectivity index (χ0) is 13.8. The number of aryl methyl sites for hydroxylation is 1. The van der Waals surface area contributed by atoms with Crippen LogP contribution in [0, 0.1) is 6.92 Å².